The van der Waals surface area contributed by atoms with E-state index in [2.05, 4.69) is 25.1 Å². The summed E-state index contributed by atoms with van der Waals surface area (Å²) < 4.78 is 15.3. The van der Waals surface area contributed by atoms with Crippen molar-refractivity contribution in [2.75, 3.05) is 19.1 Å². The van der Waals surface area contributed by atoms with Gasteiger partial charge in [-0.25, -0.2) is 4.36 Å². The van der Waals surface area contributed by atoms with Crippen molar-refractivity contribution in [2.24, 2.45) is 9.78 Å². The van der Waals surface area contributed by atoms with Crippen molar-refractivity contribution in [2.45, 2.75) is 27.2 Å². The van der Waals surface area contributed by atoms with Gasteiger partial charge in [-0.1, -0.05) is 20.8 Å². The molecule has 0 spiro atoms. The molecule has 2 nitrogen and oxygen atoms in total. The van der Waals surface area contributed by atoms with Crippen LogP contribution in [-0.4, -0.2) is 23.3 Å². The van der Waals surface area contributed by atoms with Crippen molar-refractivity contribution in [3.05, 3.63) is 0 Å². The van der Waals surface area contributed by atoms with Crippen molar-refractivity contribution in [3.8, 4) is 0 Å². The summed E-state index contributed by atoms with van der Waals surface area (Å²) in [5, 5.41) is 0. The topological polar surface area (TPSA) is 29.4 Å². The highest BCUT2D eigenvalue weighted by Gasteiger charge is 2.12. The lowest BCUT2D eigenvalue weighted by Crippen LogP contribution is -2.13. The van der Waals surface area contributed by atoms with Crippen LogP contribution in [0.3, 0.4) is 0 Å². The summed E-state index contributed by atoms with van der Waals surface area (Å²) in [4.78, 5) is 0. The first kappa shape index (κ1) is 11.0. The zero-order chi connectivity index (χ0) is 9.12. The summed E-state index contributed by atoms with van der Waals surface area (Å²) in [6.45, 7) is 6.45. The van der Waals surface area contributed by atoms with Crippen LogP contribution in [0, 0.1) is 5.41 Å². The minimum Gasteiger partial charge on any atom is -0.250 e. The molecule has 0 fully saturated rings. The molecule has 0 aromatic rings. The van der Waals surface area contributed by atoms with Gasteiger partial charge in [-0.15, -0.1) is 0 Å². The first-order valence-electron chi connectivity index (χ1n) is 3.85. The molecule has 0 saturated carbocycles. The molecule has 0 rings (SSSR count). The summed E-state index contributed by atoms with van der Waals surface area (Å²) >= 11 is 0. The first-order valence-corrected chi connectivity index (χ1v) is 5.94. The van der Waals surface area contributed by atoms with E-state index in [1.54, 1.807) is 13.3 Å². The number of hydrogen-bond acceptors (Lipinski definition) is 2. The second-order valence-electron chi connectivity index (χ2n) is 4.16. The highest BCUT2D eigenvalue weighted by atomic mass is 32.2. The van der Waals surface area contributed by atoms with Gasteiger partial charge >= 0.3 is 0 Å². The molecule has 1 atom stereocenters. The van der Waals surface area contributed by atoms with Crippen molar-refractivity contribution in [3.63, 3.8) is 0 Å². The van der Waals surface area contributed by atoms with Crippen LogP contribution in [0.4, 0.5) is 0 Å². The van der Waals surface area contributed by atoms with E-state index in [-0.39, 0.29) is 5.41 Å². The van der Waals surface area contributed by atoms with Gasteiger partial charge in [0.15, 0.2) is 0 Å². The van der Waals surface area contributed by atoms with Gasteiger partial charge in [-0.2, -0.15) is 0 Å². The molecule has 0 aliphatic heterocycles. The fourth-order valence-corrected chi connectivity index (χ4v) is 1.76. The Hall–Kier alpha value is -0.0500. The fourth-order valence-electron chi connectivity index (χ4n) is 0.587. The Bertz CT molecular complexity index is 219. The lowest BCUT2D eigenvalue weighted by Gasteiger charge is -2.17. The van der Waals surface area contributed by atoms with E-state index in [9.17, 15) is 4.21 Å². The van der Waals surface area contributed by atoms with E-state index in [1.165, 1.54) is 0 Å². The monoisotopic (exact) mass is 177 g/mol. The SMILES string of the molecule is CN=S(C)(=O)CCC(C)(C)C. The maximum Gasteiger partial charge on any atom is 0.0435 e. The lowest BCUT2D eigenvalue weighted by molar-refractivity contribution is 0.399. The molecule has 0 aromatic heterocycles. The summed E-state index contributed by atoms with van der Waals surface area (Å²) in [5.41, 5.74) is 0.267. The van der Waals surface area contributed by atoms with Gasteiger partial charge in [0.05, 0.1) is 0 Å². The third-order valence-corrected chi connectivity index (χ3v) is 3.35. The molecular weight excluding hydrogens is 158 g/mol. The average molecular weight is 177 g/mol. The molecule has 0 aliphatic carbocycles. The van der Waals surface area contributed by atoms with Gasteiger partial charge in [0, 0.05) is 28.8 Å². The van der Waals surface area contributed by atoms with Crippen LogP contribution in [0.2, 0.25) is 0 Å². The Balaban J connectivity index is 4.02. The van der Waals surface area contributed by atoms with E-state index >= 15 is 0 Å². The lowest BCUT2D eigenvalue weighted by atomic mass is 9.94. The van der Waals surface area contributed by atoms with Crippen LogP contribution in [0.1, 0.15) is 27.2 Å². The zero-order valence-corrected chi connectivity index (χ0v) is 8.99. The van der Waals surface area contributed by atoms with Gasteiger partial charge in [0.1, 0.15) is 0 Å². The van der Waals surface area contributed by atoms with Crippen LogP contribution < -0.4 is 0 Å². The fraction of sp³-hybridized carbons (Fsp3) is 1.00. The third kappa shape index (κ3) is 6.35. The normalized spacial score (nSPS) is 17.5. The predicted octanol–water partition coefficient (Wildman–Crippen LogP) is 2.15. The molecule has 0 radical (unpaired) electrons. The van der Waals surface area contributed by atoms with Gasteiger partial charge in [-0.3, -0.25) is 4.21 Å². The molecule has 68 valence electrons. The molecule has 0 aromatic carbocycles. The van der Waals surface area contributed by atoms with Crippen LogP contribution in [-0.2, 0) is 9.73 Å². The minimum absolute atomic E-state index is 0.267. The molecular formula is C8H19NOS. The van der Waals surface area contributed by atoms with E-state index in [1.807, 2.05) is 0 Å². The van der Waals surface area contributed by atoms with Gasteiger partial charge < -0.3 is 0 Å². The second kappa shape index (κ2) is 3.57. The molecule has 0 amide bonds. The summed E-state index contributed by atoms with van der Waals surface area (Å²) in [6.07, 6.45) is 2.69. The zero-order valence-electron chi connectivity index (χ0n) is 8.18. The van der Waals surface area contributed by atoms with Crippen LogP contribution in [0.25, 0.3) is 0 Å². The van der Waals surface area contributed by atoms with Gasteiger partial charge in [-0.05, 0) is 11.8 Å². The highest BCUT2D eigenvalue weighted by Crippen LogP contribution is 2.19. The molecule has 0 aliphatic rings. The second-order valence-corrected chi connectivity index (χ2v) is 6.85. The number of hydrogen-bond donors (Lipinski definition) is 0. The first-order chi connectivity index (χ1) is 4.77. The largest absolute Gasteiger partial charge is 0.250 e. The average Bonchev–Trinajstić information content (AvgIpc) is 1.83. The molecule has 3 heteroatoms. The third-order valence-electron chi connectivity index (χ3n) is 1.62. The van der Waals surface area contributed by atoms with E-state index < -0.39 is 9.73 Å². The molecule has 0 saturated heterocycles. The molecule has 1 unspecified atom stereocenters. The maximum atomic E-state index is 11.4. The van der Waals surface area contributed by atoms with E-state index in [0.29, 0.717) is 5.75 Å². The smallest absolute Gasteiger partial charge is 0.0435 e. The van der Waals surface area contributed by atoms with Gasteiger partial charge in [0.2, 0.25) is 0 Å². The van der Waals surface area contributed by atoms with Crippen molar-refractivity contribution < 1.29 is 4.21 Å². The summed E-state index contributed by atoms with van der Waals surface area (Å²) in [6, 6.07) is 0. The van der Waals surface area contributed by atoms with Crippen LogP contribution in [0.5, 0.6) is 0 Å². The predicted molar refractivity (Wildman–Crippen MR) is 51.4 cm³/mol. The Kier molecular flexibility index (Phi) is 3.55. The minimum atomic E-state index is -1.88. The highest BCUT2D eigenvalue weighted by molar-refractivity contribution is 7.92. The Morgan fingerprint density at radius 1 is 1.36 bits per heavy atom. The Morgan fingerprint density at radius 2 is 1.82 bits per heavy atom. The summed E-state index contributed by atoms with van der Waals surface area (Å²) in [5.74, 6) is 0.715. The molecule has 11 heavy (non-hydrogen) atoms. The molecule has 0 heterocycles. The van der Waals surface area contributed by atoms with Crippen molar-refractivity contribution >= 4 is 9.73 Å². The molecule has 0 bridgehead atoms. The maximum absolute atomic E-state index is 11.4. The van der Waals surface area contributed by atoms with Crippen LogP contribution >= 0.6 is 0 Å². The van der Waals surface area contributed by atoms with Crippen LogP contribution in [0.15, 0.2) is 4.36 Å². The quantitative estimate of drug-likeness (QED) is 0.635. The Labute approximate surface area is 70.6 Å². The summed E-state index contributed by atoms with van der Waals surface area (Å²) in [7, 11) is -0.248. The standard InChI is InChI=1S/C8H19NOS/c1-8(2,3)6-7-11(5,10)9-4/h6-7H2,1-5H3. The van der Waals surface area contributed by atoms with Crippen molar-refractivity contribution in [1.29, 1.82) is 0 Å². The number of rotatable bonds is 2. The Morgan fingerprint density at radius 3 is 2.09 bits per heavy atom. The van der Waals surface area contributed by atoms with Gasteiger partial charge in [0.25, 0.3) is 0 Å². The van der Waals surface area contributed by atoms with E-state index in [4.69, 9.17) is 0 Å². The van der Waals surface area contributed by atoms with E-state index in [0.717, 1.165) is 6.42 Å². The number of nitrogens with zero attached hydrogens (tertiary/aromatic N) is 1. The molecule has 0 N–H and O–H groups in total. The van der Waals surface area contributed by atoms with Crippen molar-refractivity contribution in [1.82, 2.24) is 0 Å².